The summed E-state index contributed by atoms with van der Waals surface area (Å²) in [6, 6.07) is 8.13. The number of fused-ring (bicyclic) bond motifs is 1. The largest absolute Gasteiger partial charge is 0.444 e. The summed E-state index contributed by atoms with van der Waals surface area (Å²) < 4.78 is 8.87. The van der Waals surface area contributed by atoms with Crippen molar-refractivity contribution in [2.75, 3.05) is 36.8 Å². The fourth-order valence-corrected chi connectivity index (χ4v) is 4.43. The molecule has 0 radical (unpaired) electrons. The number of hydrogen-bond acceptors (Lipinski definition) is 8. The van der Waals surface area contributed by atoms with Gasteiger partial charge in [-0.2, -0.15) is 10.4 Å². The van der Waals surface area contributed by atoms with Gasteiger partial charge in [-0.15, -0.1) is 5.10 Å². The van der Waals surface area contributed by atoms with Crippen LogP contribution in [-0.2, 0) is 11.8 Å². The predicted octanol–water partition coefficient (Wildman–Crippen LogP) is 3.31. The van der Waals surface area contributed by atoms with Gasteiger partial charge in [0.2, 0.25) is 0 Å². The molecule has 1 aliphatic heterocycles. The summed E-state index contributed by atoms with van der Waals surface area (Å²) in [5, 5.41) is 18.4. The summed E-state index contributed by atoms with van der Waals surface area (Å²) in [5.74, 6) is 1.00. The third kappa shape index (κ3) is 4.78. The predicted molar refractivity (Wildman–Crippen MR) is 140 cm³/mol. The minimum atomic E-state index is -0.517. The number of aromatic nitrogens is 5. The number of aryl methyl sites for hydroxylation is 1. The Morgan fingerprint density at radius 3 is 2.43 bits per heavy atom. The molecule has 11 nitrogen and oxygen atoms in total. The van der Waals surface area contributed by atoms with E-state index in [0.29, 0.717) is 37.3 Å². The quantitative estimate of drug-likeness (QED) is 0.454. The van der Waals surface area contributed by atoms with Crippen molar-refractivity contribution in [2.45, 2.75) is 26.4 Å². The summed E-state index contributed by atoms with van der Waals surface area (Å²) in [6.07, 6.45) is 7.05. The summed E-state index contributed by atoms with van der Waals surface area (Å²) in [6.45, 7) is 8.04. The Balaban J connectivity index is 1.42. The van der Waals surface area contributed by atoms with Crippen LogP contribution in [0.4, 0.5) is 16.4 Å². The first-order valence-electron chi connectivity index (χ1n) is 12.0. The molecule has 190 valence electrons. The molecule has 5 heterocycles. The van der Waals surface area contributed by atoms with E-state index >= 15 is 0 Å². The lowest BCUT2D eigenvalue weighted by atomic mass is 10.0. The molecular weight excluding hydrogens is 470 g/mol. The van der Waals surface area contributed by atoms with Crippen molar-refractivity contribution in [2.24, 2.45) is 7.05 Å². The Morgan fingerprint density at radius 1 is 1.08 bits per heavy atom. The molecule has 1 amide bonds. The Morgan fingerprint density at radius 2 is 1.84 bits per heavy atom. The molecule has 0 saturated carbocycles. The normalized spacial score (nSPS) is 14.1. The number of rotatable bonds is 3. The van der Waals surface area contributed by atoms with Gasteiger partial charge in [-0.1, -0.05) is 0 Å². The highest BCUT2D eigenvalue weighted by molar-refractivity contribution is 5.90. The number of nitriles is 1. The van der Waals surface area contributed by atoms with E-state index in [1.165, 1.54) is 0 Å². The maximum Gasteiger partial charge on any atom is 0.410 e. The van der Waals surface area contributed by atoms with Gasteiger partial charge in [0.05, 0.1) is 11.7 Å². The van der Waals surface area contributed by atoms with Gasteiger partial charge in [-0.05, 0) is 39.0 Å². The van der Waals surface area contributed by atoms with Crippen molar-refractivity contribution in [3.05, 3.63) is 48.5 Å². The monoisotopic (exact) mass is 499 g/mol. The Hall–Kier alpha value is -4.59. The first kappa shape index (κ1) is 24.1. The lowest BCUT2D eigenvalue weighted by molar-refractivity contribution is 0.0240. The summed E-state index contributed by atoms with van der Waals surface area (Å²) in [7, 11) is 1.86. The maximum atomic E-state index is 12.4. The highest BCUT2D eigenvalue weighted by Gasteiger charge is 2.26. The highest BCUT2D eigenvalue weighted by atomic mass is 16.6. The van der Waals surface area contributed by atoms with Crippen LogP contribution in [-0.4, -0.2) is 67.2 Å². The van der Waals surface area contributed by atoms with Crippen LogP contribution in [0.15, 0.2) is 43.0 Å². The van der Waals surface area contributed by atoms with E-state index in [0.717, 1.165) is 28.1 Å². The molecule has 5 rings (SSSR count). The average Bonchev–Trinajstić information content (AvgIpc) is 3.44. The molecule has 2 N–H and O–H groups in total. The minimum absolute atomic E-state index is 0.180. The third-order valence-corrected chi connectivity index (χ3v) is 6.22. The van der Waals surface area contributed by atoms with Crippen LogP contribution < -0.4 is 10.6 Å². The van der Waals surface area contributed by atoms with Crippen molar-refractivity contribution in [3.63, 3.8) is 0 Å². The van der Waals surface area contributed by atoms with E-state index in [1.807, 2.05) is 58.4 Å². The molecule has 0 unspecified atom stereocenters. The number of hydrogen-bond donors (Lipinski definition) is 1. The van der Waals surface area contributed by atoms with Crippen molar-refractivity contribution in [1.82, 2.24) is 29.3 Å². The Bertz CT molecular complexity index is 1500. The number of anilines is 2. The van der Waals surface area contributed by atoms with Gasteiger partial charge in [0.1, 0.15) is 23.1 Å². The van der Waals surface area contributed by atoms with Crippen molar-refractivity contribution in [1.29, 1.82) is 5.26 Å². The molecule has 4 aromatic rings. The van der Waals surface area contributed by atoms with Crippen LogP contribution in [0.3, 0.4) is 0 Å². The van der Waals surface area contributed by atoms with Gasteiger partial charge in [0.25, 0.3) is 0 Å². The van der Waals surface area contributed by atoms with Crippen LogP contribution in [0.2, 0.25) is 0 Å². The molecule has 0 aromatic carbocycles. The molecule has 37 heavy (non-hydrogen) atoms. The number of carbonyl (C=O) groups excluding carboxylic acids is 1. The van der Waals surface area contributed by atoms with Crippen molar-refractivity contribution in [3.8, 4) is 28.3 Å². The number of nitrogens with zero attached hydrogens (tertiary/aromatic N) is 8. The van der Waals surface area contributed by atoms with Gasteiger partial charge in [0, 0.05) is 74.1 Å². The summed E-state index contributed by atoms with van der Waals surface area (Å²) in [4.78, 5) is 21.0. The van der Waals surface area contributed by atoms with E-state index in [9.17, 15) is 10.1 Å². The topological polar surface area (TPSA) is 131 Å². The molecular formula is C26H29N9O2. The molecule has 0 bridgehead atoms. The molecule has 1 saturated heterocycles. The summed E-state index contributed by atoms with van der Waals surface area (Å²) in [5.41, 5.74) is 9.96. The van der Waals surface area contributed by atoms with E-state index in [1.54, 1.807) is 26.5 Å². The van der Waals surface area contributed by atoms with Gasteiger partial charge < -0.3 is 20.3 Å². The van der Waals surface area contributed by atoms with Gasteiger partial charge in [-0.25, -0.2) is 14.3 Å². The number of carbonyl (C=O) groups is 1. The van der Waals surface area contributed by atoms with E-state index < -0.39 is 5.60 Å². The van der Waals surface area contributed by atoms with Gasteiger partial charge in [0.15, 0.2) is 5.82 Å². The van der Waals surface area contributed by atoms with E-state index in [-0.39, 0.29) is 11.9 Å². The van der Waals surface area contributed by atoms with E-state index in [4.69, 9.17) is 15.5 Å². The molecule has 0 aliphatic carbocycles. The maximum absolute atomic E-state index is 12.4. The zero-order valence-corrected chi connectivity index (χ0v) is 21.3. The molecule has 11 heteroatoms. The third-order valence-electron chi connectivity index (χ3n) is 6.22. The van der Waals surface area contributed by atoms with Gasteiger partial charge >= 0.3 is 6.09 Å². The first-order chi connectivity index (χ1) is 17.6. The van der Waals surface area contributed by atoms with Crippen LogP contribution in [0, 0.1) is 11.3 Å². The Kier molecular flexibility index (Phi) is 5.95. The second-order valence-electron chi connectivity index (χ2n) is 10.1. The second kappa shape index (κ2) is 9.13. The average molecular weight is 500 g/mol. The number of nitrogen functional groups attached to an aromatic ring is 1. The molecule has 1 aliphatic rings. The lowest BCUT2D eigenvalue weighted by Crippen LogP contribution is -2.50. The van der Waals surface area contributed by atoms with Gasteiger partial charge in [-0.3, -0.25) is 4.68 Å². The highest BCUT2D eigenvalue weighted by Crippen LogP contribution is 2.34. The fraction of sp³-hybridized carbons (Fsp3) is 0.346. The molecule has 4 aromatic heterocycles. The SMILES string of the molecule is Cn1cc(-c2cc(-c3ccc(N4CCN(C(=O)OC(C)(C)C)CC4)nc3)c3c(C#N)c(N)nn3c2)cn1. The van der Waals surface area contributed by atoms with Crippen LogP contribution in [0.5, 0.6) is 0 Å². The number of piperazine rings is 1. The van der Waals surface area contributed by atoms with Crippen molar-refractivity contribution >= 4 is 23.2 Å². The fourth-order valence-electron chi connectivity index (χ4n) is 4.43. The zero-order chi connectivity index (χ0) is 26.3. The number of ether oxygens (including phenoxy) is 1. The standard InChI is InChI=1S/C26H29N9O2/c1-26(2,3)37-25(36)34-9-7-33(8-10-34)22-6-5-17(13-29-22)20-11-18(19-14-30-32(4)15-19)16-35-23(20)21(12-27)24(28)31-35/h5-6,11,13-16H,7-10H2,1-4H3,(H2,28,31). The van der Waals surface area contributed by atoms with Crippen molar-refractivity contribution < 1.29 is 9.53 Å². The first-order valence-corrected chi connectivity index (χ1v) is 12.0. The zero-order valence-electron chi connectivity index (χ0n) is 21.3. The minimum Gasteiger partial charge on any atom is -0.444 e. The number of amides is 1. The van der Waals surface area contributed by atoms with Crippen LogP contribution >= 0.6 is 0 Å². The van der Waals surface area contributed by atoms with Crippen LogP contribution in [0.1, 0.15) is 26.3 Å². The molecule has 1 fully saturated rings. The lowest BCUT2D eigenvalue weighted by Gasteiger charge is -2.36. The van der Waals surface area contributed by atoms with Crippen LogP contribution in [0.25, 0.3) is 27.8 Å². The van der Waals surface area contributed by atoms with E-state index in [2.05, 4.69) is 21.2 Å². The number of pyridine rings is 2. The smallest absolute Gasteiger partial charge is 0.410 e. The summed E-state index contributed by atoms with van der Waals surface area (Å²) >= 11 is 0. The second-order valence-corrected chi connectivity index (χ2v) is 10.1. The molecule has 0 atom stereocenters. The molecule has 0 spiro atoms. The Labute approximate surface area is 214 Å². The number of nitrogens with two attached hydrogens (primary N) is 1.